The second-order valence-electron chi connectivity index (χ2n) is 8.40. The molecule has 0 atom stereocenters. The first kappa shape index (κ1) is 21.4. The average molecular weight is 493 g/mol. The van der Waals surface area contributed by atoms with Gasteiger partial charge in [-0.25, -0.2) is 0 Å². The number of halogens is 1. The molecule has 0 saturated carbocycles. The van der Waals surface area contributed by atoms with Crippen LogP contribution >= 0.6 is 23.6 Å². The van der Waals surface area contributed by atoms with E-state index in [0.29, 0.717) is 18.1 Å². The first-order valence-electron chi connectivity index (χ1n) is 11.2. The molecule has 0 spiro atoms. The Morgan fingerprint density at radius 1 is 1.06 bits per heavy atom. The second-order valence-corrected chi connectivity index (χ2v) is 9.69. The fraction of sp³-hybridized carbons (Fsp3) is 0.222. The van der Waals surface area contributed by atoms with E-state index in [1.165, 1.54) is 21.6 Å². The third-order valence-corrected chi connectivity index (χ3v) is 7.65. The molecular formula is C27H23ClNO4S+. The van der Waals surface area contributed by atoms with Crippen LogP contribution in [0.2, 0.25) is 0 Å². The molecule has 0 amide bonds. The van der Waals surface area contributed by atoms with Crippen molar-refractivity contribution in [2.24, 2.45) is 0 Å². The predicted molar refractivity (Wildman–Crippen MR) is 133 cm³/mol. The maximum atomic E-state index is 6.24. The molecule has 0 radical (unpaired) electrons. The molecule has 3 aromatic carbocycles. The van der Waals surface area contributed by atoms with Crippen LogP contribution < -0.4 is 23.1 Å². The molecule has 34 heavy (non-hydrogen) atoms. The summed E-state index contributed by atoms with van der Waals surface area (Å²) >= 11 is 7.59. The Kier molecular flexibility index (Phi) is 5.63. The molecule has 0 N–H and O–H groups in total. The van der Waals surface area contributed by atoms with Gasteiger partial charge < -0.3 is 18.5 Å². The number of benzene rings is 3. The van der Waals surface area contributed by atoms with Crippen molar-refractivity contribution in [3.8, 4) is 34.3 Å². The lowest BCUT2D eigenvalue weighted by Gasteiger charge is -2.17. The Morgan fingerprint density at radius 3 is 2.76 bits per heavy atom. The Labute approximate surface area is 207 Å². The van der Waals surface area contributed by atoms with Gasteiger partial charge in [-0.2, -0.15) is 4.57 Å². The Bertz CT molecular complexity index is 1410. The van der Waals surface area contributed by atoms with Crippen LogP contribution in [-0.2, 0) is 13.0 Å². The van der Waals surface area contributed by atoms with Gasteiger partial charge in [-0.15, -0.1) is 11.8 Å². The maximum Gasteiger partial charge on any atom is 0.231 e. The highest BCUT2D eigenvalue weighted by Gasteiger charge is 2.28. The van der Waals surface area contributed by atoms with E-state index in [0.717, 1.165) is 46.7 Å². The fourth-order valence-electron chi connectivity index (χ4n) is 4.62. The highest BCUT2D eigenvalue weighted by Crippen LogP contribution is 2.42. The van der Waals surface area contributed by atoms with E-state index in [1.54, 1.807) is 11.8 Å². The zero-order chi connectivity index (χ0) is 23.1. The molecule has 7 heteroatoms. The van der Waals surface area contributed by atoms with E-state index in [1.807, 2.05) is 12.1 Å². The highest BCUT2D eigenvalue weighted by atomic mass is 35.5. The first-order valence-corrected chi connectivity index (χ1v) is 12.5. The van der Waals surface area contributed by atoms with E-state index in [9.17, 15) is 0 Å². The lowest BCUT2D eigenvalue weighted by molar-refractivity contribution is -0.686. The molecule has 0 fully saturated rings. The van der Waals surface area contributed by atoms with Gasteiger partial charge in [-0.3, -0.25) is 0 Å². The van der Waals surface area contributed by atoms with E-state index in [4.69, 9.17) is 30.4 Å². The molecule has 1 aromatic heterocycles. The van der Waals surface area contributed by atoms with E-state index in [2.05, 4.69) is 60.2 Å². The molecular weight excluding hydrogens is 470 g/mol. The van der Waals surface area contributed by atoms with Gasteiger partial charge in [0.05, 0.1) is 17.6 Å². The molecule has 0 saturated heterocycles. The molecule has 172 valence electrons. The van der Waals surface area contributed by atoms with Crippen LogP contribution in [0.3, 0.4) is 0 Å². The highest BCUT2D eigenvalue weighted by molar-refractivity contribution is 7.99. The quantitative estimate of drug-likeness (QED) is 0.185. The third-order valence-electron chi connectivity index (χ3n) is 6.34. The van der Waals surface area contributed by atoms with Gasteiger partial charge >= 0.3 is 0 Å². The number of rotatable bonds is 6. The van der Waals surface area contributed by atoms with Crippen molar-refractivity contribution >= 4 is 34.4 Å². The zero-order valence-corrected chi connectivity index (χ0v) is 20.2. The summed E-state index contributed by atoms with van der Waals surface area (Å²) in [6, 6.07) is 18.7. The largest absolute Gasteiger partial charge is 0.488 e. The number of pyridine rings is 1. The summed E-state index contributed by atoms with van der Waals surface area (Å²) in [5, 5.41) is 2.04. The molecule has 0 bridgehead atoms. The molecule has 5 nitrogen and oxygen atoms in total. The van der Waals surface area contributed by atoms with E-state index >= 15 is 0 Å². The molecule has 6 rings (SSSR count). The smallest absolute Gasteiger partial charge is 0.231 e. The molecule has 0 unspecified atom stereocenters. The number of fused-ring (bicyclic) bond motifs is 5. The number of hydrogen-bond acceptors (Lipinski definition) is 5. The van der Waals surface area contributed by atoms with Crippen molar-refractivity contribution in [1.29, 1.82) is 0 Å². The monoisotopic (exact) mass is 492 g/mol. The Balaban J connectivity index is 1.32. The summed E-state index contributed by atoms with van der Waals surface area (Å²) in [6.45, 7) is 3.81. The van der Waals surface area contributed by atoms with Crippen molar-refractivity contribution in [1.82, 2.24) is 0 Å². The van der Waals surface area contributed by atoms with Gasteiger partial charge in [0.2, 0.25) is 12.5 Å². The summed E-state index contributed by atoms with van der Waals surface area (Å²) in [5.74, 6) is 3.64. The maximum absolute atomic E-state index is 6.24. The SMILES string of the molecule is Cc1ccccc1SCCOc1c(OCl)ccc2cc3[n+](cc12)CCc1cc2c(cc1-3)OCO2. The van der Waals surface area contributed by atoms with Crippen molar-refractivity contribution in [2.75, 3.05) is 19.2 Å². The average Bonchev–Trinajstić information content (AvgIpc) is 3.32. The van der Waals surface area contributed by atoms with Gasteiger partial charge in [-0.05, 0) is 53.8 Å². The van der Waals surface area contributed by atoms with Crippen LogP contribution in [0.15, 0.2) is 65.7 Å². The Hall–Kier alpha value is -3.09. The predicted octanol–water partition coefficient (Wildman–Crippen LogP) is 6.09. The number of hydrogen-bond donors (Lipinski definition) is 0. The minimum Gasteiger partial charge on any atom is -0.488 e. The lowest BCUT2D eigenvalue weighted by Crippen LogP contribution is -2.40. The number of aryl methyl sites for hydroxylation is 3. The van der Waals surface area contributed by atoms with E-state index in [-0.39, 0.29) is 6.79 Å². The van der Waals surface area contributed by atoms with Crippen molar-refractivity contribution in [3.05, 3.63) is 71.9 Å². The normalized spacial score (nSPS) is 13.5. The summed E-state index contributed by atoms with van der Waals surface area (Å²) < 4.78 is 24.8. The summed E-state index contributed by atoms with van der Waals surface area (Å²) in [7, 11) is 0. The lowest BCUT2D eigenvalue weighted by atomic mass is 9.95. The summed E-state index contributed by atoms with van der Waals surface area (Å²) in [6.07, 6.45) is 3.06. The zero-order valence-electron chi connectivity index (χ0n) is 18.7. The van der Waals surface area contributed by atoms with Gasteiger partial charge in [0.1, 0.15) is 11.9 Å². The van der Waals surface area contributed by atoms with E-state index < -0.39 is 0 Å². The molecule has 4 aromatic rings. The minimum absolute atomic E-state index is 0.278. The number of nitrogens with zero attached hydrogens (tertiary/aromatic N) is 1. The van der Waals surface area contributed by atoms with Crippen LogP contribution in [0.25, 0.3) is 22.0 Å². The number of thioether (sulfide) groups is 1. The van der Waals surface area contributed by atoms with Crippen LogP contribution in [0.5, 0.6) is 23.0 Å². The molecule has 2 aliphatic rings. The van der Waals surface area contributed by atoms with Gasteiger partial charge in [-0.1, -0.05) is 18.2 Å². The number of aromatic nitrogens is 1. The van der Waals surface area contributed by atoms with Crippen LogP contribution in [-0.4, -0.2) is 19.2 Å². The second kappa shape index (κ2) is 8.93. The van der Waals surface area contributed by atoms with Crippen molar-refractivity contribution < 1.29 is 23.1 Å². The minimum atomic E-state index is 0.278. The first-order chi connectivity index (χ1) is 16.7. The standard InChI is InChI=1S/C27H23ClNO4S/c1-17-4-2-3-5-26(17)34-11-10-30-27-21-15-29-9-8-19-13-24-25(32-16-31-24)14-20(19)22(29)12-18(21)6-7-23(27)33-28/h2-7,12-15H,8-11,16H2,1H3/q+1. The number of ether oxygens (including phenoxy) is 3. The van der Waals surface area contributed by atoms with Gasteiger partial charge in [0.15, 0.2) is 35.7 Å². The molecule has 2 aliphatic heterocycles. The van der Waals surface area contributed by atoms with Crippen LogP contribution in [0, 0.1) is 6.92 Å². The summed E-state index contributed by atoms with van der Waals surface area (Å²) in [4.78, 5) is 1.27. The summed E-state index contributed by atoms with van der Waals surface area (Å²) in [5.41, 5.74) is 4.86. The Morgan fingerprint density at radius 2 is 1.91 bits per heavy atom. The topological polar surface area (TPSA) is 40.8 Å². The third kappa shape index (κ3) is 3.81. The van der Waals surface area contributed by atoms with Crippen molar-refractivity contribution in [2.45, 2.75) is 24.8 Å². The molecule has 0 aliphatic carbocycles. The fourth-order valence-corrected chi connectivity index (χ4v) is 5.60. The van der Waals surface area contributed by atoms with Gasteiger partial charge in [0, 0.05) is 23.1 Å². The van der Waals surface area contributed by atoms with Crippen LogP contribution in [0.1, 0.15) is 11.1 Å². The van der Waals surface area contributed by atoms with Crippen molar-refractivity contribution in [3.63, 3.8) is 0 Å². The van der Waals surface area contributed by atoms with Gasteiger partial charge in [0.25, 0.3) is 0 Å². The molecule has 3 heterocycles. The van der Waals surface area contributed by atoms with Crippen LogP contribution in [0.4, 0.5) is 0 Å².